The summed E-state index contributed by atoms with van der Waals surface area (Å²) in [7, 11) is 2.05. The molecule has 2 aromatic heterocycles. The number of nitrogens with one attached hydrogen (secondary N) is 1. The zero-order valence-electron chi connectivity index (χ0n) is 15.9. The van der Waals surface area contributed by atoms with Crippen LogP contribution in [0, 0.1) is 6.92 Å². The number of nitrogens with two attached hydrogens (primary N) is 1. The molecule has 2 heterocycles. The standard InChI is InChI=1S/C20H25N6O/c1-4-22-20(21)24-23-12-16-8-10-18(11-9-16)27-14-17-13-26-15(2)6-5-7-19(26)25(17)3/h5-13H,4,14H2,1-3H3,(H3,21,22,24)/q+1/b23-12-. The third-order valence-electron chi connectivity index (χ3n) is 4.25. The first kappa shape index (κ1) is 18.4. The van der Waals surface area contributed by atoms with Crippen LogP contribution in [0.2, 0.25) is 0 Å². The van der Waals surface area contributed by atoms with Crippen molar-refractivity contribution in [1.29, 1.82) is 0 Å². The molecule has 140 valence electrons. The summed E-state index contributed by atoms with van der Waals surface area (Å²) in [4.78, 5) is 4.00. The summed E-state index contributed by atoms with van der Waals surface area (Å²) in [5.41, 5.74) is 12.7. The van der Waals surface area contributed by atoms with Gasteiger partial charge in [-0.25, -0.2) is 9.99 Å². The van der Waals surface area contributed by atoms with Crippen molar-refractivity contribution in [3.05, 3.63) is 65.6 Å². The molecule has 0 amide bonds. The molecule has 0 saturated heterocycles. The molecule has 0 atom stereocenters. The summed E-state index contributed by atoms with van der Waals surface area (Å²) >= 11 is 0. The second kappa shape index (κ2) is 8.35. The van der Waals surface area contributed by atoms with Gasteiger partial charge >= 0.3 is 0 Å². The molecule has 7 heteroatoms. The fraction of sp³-hybridized carbons (Fsp3) is 0.250. The van der Waals surface area contributed by atoms with E-state index in [4.69, 9.17) is 10.5 Å². The molecule has 0 aliphatic carbocycles. The van der Waals surface area contributed by atoms with Gasteiger partial charge in [0.25, 0.3) is 5.65 Å². The Balaban J connectivity index is 1.62. The molecule has 1 aromatic carbocycles. The minimum atomic E-state index is 0.303. The normalized spacial score (nSPS) is 12.0. The highest BCUT2D eigenvalue weighted by Gasteiger charge is 2.15. The molecule has 0 bridgehead atoms. The van der Waals surface area contributed by atoms with Crippen LogP contribution in [0.4, 0.5) is 0 Å². The molecule has 3 rings (SSSR count). The average molecular weight is 365 g/mol. The van der Waals surface area contributed by atoms with Crippen LogP contribution < -0.4 is 20.3 Å². The molecule has 27 heavy (non-hydrogen) atoms. The lowest BCUT2D eigenvalue weighted by atomic mass is 10.2. The summed E-state index contributed by atoms with van der Waals surface area (Å²) in [6, 6.07) is 14.0. The molecule has 7 nitrogen and oxygen atoms in total. The van der Waals surface area contributed by atoms with E-state index in [0.717, 1.165) is 22.7 Å². The number of fused-ring (bicyclic) bond motifs is 1. The van der Waals surface area contributed by atoms with Gasteiger partial charge in [-0.05, 0) is 49.7 Å². The van der Waals surface area contributed by atoms with Crippen molar-refractivity contribution in [1.82, 2.24) is 9.99 Å². The first-order valence-corrected chi connectivity index (χ1v) is 8.86. The van der Waals surface area contributed by atoms with Gasteiger partial charge in [-0.1, -0.05) is 6.07 Å². The summed E-state index contributed by atoms with van der Waals surface area (Å²) in [5.74, 6) is 1.11. The van der Waals surface area contributed by atoms with Gasteiger partial charge in [-0.3, -0.25) is 4.99 Å². The Morgan fingerprint density at radius 2 is 2.04 bits per heavy atom. The van der Waals surface area contributed by atoms with Gasteiger partial charge in [0.15, 0.2) is 12.3 Å². The second-order valence-electron chi connectivity index (χ2n) is 6.16. The Morgan fingerprint density at radius 1 is 1.26 bits per heavy atom. The molecule has 0 spiro atoms. The van der Waals surface area contributed by atoms with E-state index in [2.05, 4.69) is 55.8 Å². The molecule has 3 aromatic rings. The first-order chi connectivity index (χ1) is 13.1. The first-order valence-electron chi connectivity index (χ1n) is 8.86. The van der Waals surface area contributed by atoms with Gasteiger partial charge in [-0.2, -0.15) is 9.50 Å². The van der Waals surface area contributed by atoms with Gasteiger partial charge in [0, 0.05) is 12.6 Å². The van der Waals surface area contributed by atoms with E-state index in [1.807, 2.05) is 38.2 Å². The van der Waals surface area contributed by atoms with Crippen molar-refractivity contribution < 1.29 is 9.14 Å². The number of hydrogen-bond acceptors (Lipinski definition) is 3. The van der Waals surface area contributed by atoms with Crippen molar-refractivity contribution in [2.24, 2.45) is 22.9 Å². The maximum atomic E-state index is 5.94. The van der Waals surface area contributed by atoms with E-state index < -0.39 is 0 Å². The molecule has 0 radical (unpaired) electrons. The van der Waals surface area contributed by atoms with Gasteiger partial charge in [0.2, 0.25) is 5.96 Å². The van der Waals surface area contributed by atoms with Crippen LogP contribution >= 0.6 is 0 Å². The third kappa shape index (κ3) is 4.44. The number of aryl methyl sites for hydroxylation is 2. The lowest BCUT2D eigenvalue weighted by Gasteiger charge is -2.04. The summed E-state index contributed by atoms with van der Waals surface area (Å²) in [6.07, 6.45) is 3.80. The van der Waals surface area contributed by atoms with Crippen molar-refractivity contribution in [3.63, 3.8) is 0 Å². The highest BCUT2D eigenvalue weighted by Crippen LogP contribution is 2.14. The van der Waals surface area contributed by atoms with E-state index >= 15 is 0 Å². The Morgan fingerprint density at radius 3 is 2.74 bits per heavy atom. The topological polar surface area (TPSA) is 81.0 Å². The van der Waals surface area contributed by atoms with Crippen molar-refractivity contribution in [2.75, 3.05) is 6.54 Å². The Labute approximate surface area is 158 Å². The highest BCUT2D eigenvalue weighted by atomic mass is 16.5. The SMILES string of the molecule is CCN=C(N)N/N=C\c1ccc(OCc2c[n+]3c(C)cccc3n2C)cc1. The number of imidazole rings is 1. The Kier molecular flexibility index (Phi) is 5.71. The number of benzene rings is 1. The van der Waals surface area contributed by atoms with Crippen LogP contribution in [0.25, 0.3) is 5.65 Å². The van der Waals surface area contributed by atoms with Crippen molar-refractivity contribution in [2.45, 2.75) is 20.5 Å². The molecule has 0 aliphatic heterocycles. The Hall–Kier alpha value is -3.35. The lowest BCUT2D eigenvalue weighted by Crippen LogP contribution is -2.27. The number of aromatic nitrogens is 2. The summed E-state index contributed by atoms with van der Waals surface area (Å²) < 4.78 is 10.2. The van der Waals surface area contributed by atoms with Crippen LogP contribution in [-0.4, -0.2) is 23.3 Å². The highest BCUT2D eigenvalue weighted by molar-refractivity contribution is 5.83. The number of nitrogens with zero attached hydrogens (tertiary/aromatic N) is 4. The number of hydrazone groups is 1. The number of aliphatic imine (C=N–C) groups is 1. The maximum Gasteiger partial charge on any atom is 0.286 e. The zero-order chi connectivity index (χ0) is 19.2. The number of hydrogen-bond donors (Lipinski definition) is 2. The van der Waals surface area contributed by atoms with Gasteiger partial charge in [-0.15, -0.1) is 0 Å². The third-order valence-corrected chi connectivity index (χ3v) is 4.25. The zero-order valence-corrected chi connectivity index (χ0v) is 15.9. The molecule has 0 saturated carbocycles. The lowest BCUT2D eigenvalue weighted by molar-refractivity contribution is -0.518. The minimum absolute atomic E-state index is 0.303. The molecule has 0 aliphatic rings. The molecule has 3 N–H and O–H groups in total. The van der Waals surface area contributed by atoms with Crippen LogP contribution in [0.3, 0.4) is 0 Å². The van der Waals surface area contributed by atoms with Crippen molar-refractivity contribution >= 4 is 17.8 Å². The van der Waals surface area contributed by atoms with Crippen LogP contribution in [0.15, 0.2) is 58.8 Å². The van der Waals surface area contributed by atoms with Crippen LogP contribution in [0.1, 0.15) is 23.9 Å². The molecule has 0 unspecified atom stereocenters. The molecular weight excluding hydrogens is 340 g/mol. The predicted molar refractivity (Wildman–Crippen MR) is 107 cm³/mol. The fourth-order valence-corrected chi connectivity index (χ4v) is 2.76. The predicted octanol–water partition coefficient (Wildman–Crippen LogP) is 1.91. The van der Waals surface area contributed by atoms with Gasteiger partial charge in [0.1, 0.15) is 17.6 Å². The van der Waals surface area contributed by atoms with Crippen LogP contribution in [-0.2, 0) is 13.7 Å². The summed E-state index contributed by atoms with van der Waals surface area (Å²) in [5, 5.41) is 4.05. The average Bonchev–Trinajstić information content (AvgIpc) is 2.99. The number of pyridine rings is 1. The Bertz CT molecular complexity index is 972. The van der Waals surface area contributed by atoms with Crippen LogP contribution in [0.5, 0.6) is 5.75 Å². The second-order valence-corrected chi connectivity index (χ2v) is 6.16. The summed E-state index contributed by atoms with van der Waals surface area (Å²) in [6.45, 7) is 5.12. The number of ether oxygens (including phenoxy) is 1. The van der Waals surface area contributed by atoms with E-state index in [-0.39, 0.29) is 0 Å². The number of guanidine groups is 1. The number of rotatable bonds is 6. The van der Waals surface area contributed by atoms with E-state index in [1.54, 1.807) is 6.21 Å². The van der Waals surface area contributed by atoms with E-state index in [1.165, 1.54) is 5.69 Å². The van der Waals surface area contributed by atoms with E-state index in [9.17, 15) is 0 Å². The van der Waals surface area contributed by atoms with Gasteiger partial charge in [0.05, 0.1) is 13.3 Å². The fourth-order valence-electron chi connectivity index (χ4n) is 2.76. The monoisotopic (exact) mass is 365 g/mol. The van der Waals surface area contributed by atoms with Gasteiger partial charge < -0.3 is 10.5 Å². The molecular formula is C20H25N6O+. The smallest absolute Gasteiger partial charge is 0.286 e. The molecule has 0 fully saturated rings. The maximum absolute atomic E-state index is 5.94. The largest absolute Gasteiger partial charge is 0.485 e. The quantitative estimate of drug-likeness (QED) is 0.303. The van der Waals surface area contributed by atoms with E-state index in [0.29, 0.717) is 19.1 Å². The minimum Gasteiger partial charge on any atom is -0.485 e. The van der Waals surface area contributed by atoms with Crippen molar-refractivity contribution in [3.8, 4) is 5.75 Å².